The van der Waals surface area contributed by atoms with E-state index in [1.54, 1.807) is 24.3 Å². The number of carboxylic acids is 1. The molecule has 0 saturated heterocycles. The van der Waals surface area contributed by atoms with Crippen molar-refractivity contribution in [3.63, 3.8) is 0 Å². The molecule has 0 radical (unpaired) electrons. The zero-order valence-electron chi connectivity index (χ0n) is 8.40. The van der Waals surface area contributed by atoms with Crippen molar-refractivity contribution in [2.24, 2.45) is 0 Å². The summed E-state index contributed by atoms with van der Waals surface area (Å²) in [6, 6.07) is 5.09. The van der Waals surface area contributed by atoms with Gasteiger partial charge in [-0.15, -0.1) is 6.58 Å². The fourth-order valence-corrected chi connectivity index (χ4v) is 1.64. The average molecular weight is 270 g/mol. The van der Waals surface area contributed by atoms with Crippen LogP contribution in [0.4, 0.5) is 5.69 Å². The lowest BCUT2D eigenvalue weighted by Gasteiger charge is -2.19. The van der Waals surface area contributed by atoms with Gasteiger partial charge in [-0.05, 0) is 18.2 Å². The fourth-order valence-electron chi connectivity index (χ4n) is 1.29. The lowest BCUT2D eigenvalue weighted by molar-refractivity contribution is 0.0697. The molecule has 0 aliphatic rings. The Morgan fingerprint density at radius 2 is 2.33 bits per heavy atom. The molecule has 0 saturated carbocycles. The molecule has 0 unspecified atom stereocenters. The van der Waals surface area contributed by atoms with E-state index in [-0.39, 0.29) is 0 Å². The number of hydrogen-bond acceptors (Lipinski definition) is 2. The third-order valence-corrected chi connectivity index (χ3v) is 2.50. The number of halogens is 1. The van der Waals surface area contributed by atoms with Crippen molar-refractivity contribution in [3.05, 3.63) is 40.9 Å². The maximum absolute atomic E-state index is 11.0. The summed E-state index contributed by atoms with van der Waals surface area (Å²) >= 11 is 3.32. The van der Waals surface area contributed by atoms with Crippen molar-refractivity contribution >= 4 is 27.6 Å². The number of hydrogen-bond donors (Lipinski definition) is 1. The first-order valence-electron chi connectivity index (χ1n) is 4.41. The topological polar surface area (TPSA) is 40.5 Å². The molecule has 1 rings (SSSR count). The summed E-state index contributed by atoms with van der Waals surface area (Å²) in [5, 5.41) is 9.01. The second-order valence-electron chi connectivity index (χ2n) is 3.14. The normalized spacial score (nSPS) is 9.73. The second kappa shape index (κ2) is 4.98. The number of aromatic carboxylic acids is 1. The fraction of sp³-hybridized carbons (Fsp3) is 0.182. The zero-order chi connectivity index (χ0) is 11.4. The summed E-state index contributed by atoms with van der Waals surface area (Å²) in [4.78, 5) is 12.8. The van der Waals surface area contributed by atoms with Gasteiger partial charge in [0, 0.05) is 18.1 Å². The number of anilines is 1. The molecule has 0 amide bonds. The Bertz CT molecular complexity index is 390. The van der Waals surface area contributed by atoms with Crippen LogP contribution in [0.3, 0.4) is 0 Å². The van der Waals surface area contributed by atoms with Crippen molar-refractivity contribution in [3.8, 4) is 0 Å². The van der Waals surface area contributed by atoms with Crippen LogP contribution in [-0.4, -0.2) is 24.7 Å². The van der Waals surface area contributed by atoms with Crippen molar-refractivity contribution in [2.75, 3.05) is 18.5 Å². The highest BCUT2D eigenvalue weighted by molar-refractivity contribution is 9.10. The molecule has 0 spiro atoms. The summed E-state index contributed by atoms with van der Waals surface area (Å²) < 4.78 is 0.860. The molecule has 80 valence electrons. The standard InChI is InChI=1S/C11H12BrNO2/c1-3-6-13(2)10-7-8(12)4-5-9(10)11(14)15/h3-5,7H,1,6H2,2H3,(H,14,15). The highest BCUT2D eigenvalue weighted by Gasteiger charge is 2.12. The molecule has 0 heterocycles. The van der Waals surface area contributed by atoms with E-state index in [9.17, 15) is 4.79 Å². The first-order chi connectivity index (χ1) is 7.06. The van der Waals surface area contributed by atoms with Crippen LogP contribution in [0.15, 0.2) is 35.3 Å². The van der Waals surface area contributed by atoms with E-state index >= 15 is 0 Å². The Morgan fingerprint density at radius 1 is 1.67 bits per heavy atom. The molecular weight excluding hydrogens is 258 g/mol. The molecule has 1 N–H and O–H groups in total. The Kier molecular flexibility index (Phi) is 3.91. The van der Waals surface area contributed by atoms with Gasteiger partial charge < -0.3 is 10.0 Å². The molecule has 15 heavy (non-hydrogen) atoms. The summed E-state index contributed by atoms with van der Waals surface area (Å²) in [6.45, 7) is 4.23. The van der Waals surface area contributed by atoms with Crippen LogP contribution in [0.25, 0.3) is 0 Å². The van der Waals surface area contributed by atoms with Gasteiger partial charge in [-0.3, -0.25) is 0 Å². The predicted molar refractivity (Wildman–Crippen MR) is 64.6 cm³/mol. The van der Waals surface area contributed by atoms with Crippen LogP contribution in [0.5, 0.6) is 0 Å². The van der Waals surface area contributed by atoms with Crippen molar-refractivity contribution in [2.45, 2.75) is 0 Å². The van der Waals surface area contributed by atoms with Crippen molar-refractivity contribution in [1.29, 1.82) is 0 Å². The number of benzene rings is 1. The minimum atomic E-state index is -0.923. The van der Waals surface area contributed by atoms with Crippen molar-refractivity contribution < 1.29 is 9.90 Å². The van der Waals surface area contributed by atoms with Gasteiger partial charge in [0.15, 0.2) is 0 Å². The largest absolute Gasteiger partial charge is 0.478 e. The molecule has 0 fully saturated rings. The smallest absolute Gasteiger partial charge is 0.337 e. The SMILES string of the molecule is C=CCN(C)c1cc(Br)ccc1C(=O)O. The average Bonchev–Trinajstić information content (AvgIpc) is 2.17. The van der Waals surface area contributed by atoms with Gasteiger partial charge in [-0.2, -0.15) is 0 Å². The minimum Gasteiger partial charge on any atom is -0.478 e. The Labute approximate surface area is 97.1 Å². The summed E-state index contributed by atoms with van der Waals surface area (Å²) in [5.41, 5.74) is 0.972. The third-order valence-electron chi connectivity index (χ3n) is 2.00. The summed E-state index contributed by atoms with van der Waals surface area (Å²) in [7, 11) is 1.83. The van der Waals surface area contributed by atoms with Gasteiger partial charge in [0.1, 0.15) is 0 Å². The van der Waals surface area contributed by atoms with E-state index < -0.39 is 5.97 Å². The third kappa shape index (κ3) is 2.83. The Hall–Kier alpha value is -1.29. The first-order valence-corrected chi connectivity index (χ1v) is 5.20. The van der Waals surface area contributed by atoms with Gasteiger partial charge in [0.25, 0.3) is 0 Å². The molecule has 1 aromatic carbocycles. The number of likely N-dealkylation sites (N-methyl/N-ethyl adjacent to an activating group) is 1. The minimum absolute atomic E-state index is 0.294. The quantitative estimate of drug-likeness (QED) is 0.855. The number of carbonyl (C=O) groups is 1. The molecule has 1 aromatic rings. The highest BCUT2D eigenvalue weighted by atomic mass is 79.9. The van der Waals surface area contributed by atoms with Crippen LogP contribution in [0.2, 0.25) is 0 Å². The zero-order valence-corrected chi connectivity index (χ0v) is 9.99. The lowest BCUT2D eigenvalue weighted by Crippen LogP contribution is -2.19. The second-order valence-corrected chi connectivity index (χ2v) is 4.05. The number of rotatable bonds is 4. The molecule has 3 nitrogen and oxygen atoms in total. The van der Waals surface area contributed by atoms with Gasteiger partial charge >= 0.3 is 5.97 Å². The molecule has 0 atom stereocenters. The van der Waals surface area contributed by atoms with E-state index in [0.717, 1.165) is 4.47 Å². The first kappa shape index (κ1) is 11.8. The highest BCUT2D eigenvalue weighted by Crippen LogP contribution is 2.24. The lowest BCUT2D eigenvalue weighted by atomic mass is 10.1. The van der Waals surface area contributed by atoms with Gasteiger partial charge in [-0.25, -0.2) is 4.79 Å². The predicted octanol–water partition coefficient (Wildman–Crippen LogP) is 2.77. The van der Waals surface area contributed by atoms with E-state index in [0.29, 0.717) is 17.8 Å². The molecule has 4 heteroatoms. The van der Waals surface area contributed by atoms with Crippen LogP contribution >= 0.6 is 15.9 Å². The molecule has 0 aliphatic heterocycles. The maximum Gasteiger partial charge on any atom is 0.337 e. The van der Waals surface area contributed by atoms with Crippen LogP contribution < -0.4 is 4.90 Å². The molecule has 0 bridgehead atoms. The summed E-state index contributed by atoms with van der Waals surface area (Å²) in [5.74, 6) is -0.923. The van der Waals surface area contributed by atoms with E-state index in [1.807, 2.05) is 11.9 Å². The van der Waals surface area contributed by atoms with E-state index in [1.165, 1.54) is 0 Å². The van der Waals surface area contributed by atoms with Gasteiger partial charge in [-0.1, -0.05) is 22.0 Å². The number of nitrogens with zero attached hydrogens (tertiary/aromatic N) is 1. The summed E-state index contributed by atoms with van der Waals surface area (Å²) in [6.07, 6.45) is 1.73. The monoisotopic (exact) mass is 269 g/mol. The molecule has 0 aliphatic carbocycles. The number of carboxylic acid groups (broad SMARTS) is 1. The maximum atomic E-state index is 11.0. The molecular formula is C11H12BrNO2. The van der Waals surface area contributed by atoms with Crippen molar-refractivity contribution in [1.82, 2.24) is 0 Å². The Morgan fingerprint density at radius 3 is 2.87 bits per heavy atom. The van der Waals surface area contributed by atoms with E-state index in [2.05, 4.69) is 22.5 Å². The van der Waals surface area contributed by atoms with Crippen LogP contribution in [0.1, 0.15) is 10.4 Å². The Balaban J connectivity index is 3.17. The van der Waals surface area contributed by atoms with E-state index in [4.69, 9.17) is 5.11 Å². The molecule has 0 aromatic heterocycles. The van der Waals surface area contributed by atoms with Gasteiger partial charge in [0.05, 0.1) is 11.3 Å². The van der Waals surface area contributed by atoms with Crippen LogP contribution in [0, 0.1) is 0 Å². The van der Waals surface area contributed by atoms with Crippen LogP contribution in [-0.2, 0) is 0 Å². The van der Waals surface area contributed by atoms with Gasteiger partial charge in [0.2, 0.25) is 0 Å².